The van der Waals surface area contributed by atoms with Crippen LogP contribution in [0.2, 0.25) is 0 Å². The molecule has 5 nitrogen and oxygen atoms in total. The van der Waals surface area contributed by atoms with Gasteiger partial charge in [0.15, 0.2) is 5.96 Å². The molecule has 3 rings (SSSR count). The topological polar surface area (TPSA) is 56.7 Å². The number of hydrogen-bond acceptors (Lipinski definition) is 2. The molecule has 0 spiro atoms. The predicted molar refractivity (Wildman–Crippen MR) is 109 cm³/mol. The van der Waals surface area contributed by atoms with E-state index in [-0.39, 0.29) is 11.7 Å². The molecule has 2 aromatic rings. The maximum absolute atomic E-state index is 13.3. The van der Waals surface area contributed by atoms with Gasteiger partial charge in [-0.15, -0.1) is 0 Å². The second-order valence-corrected chi connectivity index (χ2v) is 6.92. The van der Waals surface area contributed by atoms with E-state index in [1.807, 2.05) is 36.1 Å². The summed E-state index contributed by atoms with van der Waals surface area (Å²) in [4.78, 5) is 18.4. The average Bonchev–Trinajstić information content (AvgIpc) is 3.09. The fraction of sp³-hybridized carbons (Fsp3) is 0.364. The molecule has 1 heterocycles. The molecule has 0 saturated carbocycles. The molecular weight excluding hydrogens is 355 g/mol. The number of carbonyl (C=O) groups excluding carboxylic acids is 1. The summed E-state index contributed by atoms with van der Waals surface area (Å²) in [5, 5.41) is 6.44. The Morgan fingerprint density at radius 1 is 1.11 bits per heavy atom. The zero-order valence-electron chi connectivity index (χ0n) is 16.2. The summed E-state index contributed by atoms with van der Waals surface area (Å²) in [5.74, 6) is 0.681. The van der Waals surface area contributed by atoms with E-state index < -0.39 is 0 Å². The van der Waals surface area contributed by atoms with Gasteiger partial charge in [0.05, 0.1) is 6.54 Å². The molecular formula is C22H27FN4O. The normalized spacial score (nSPS) is 14.4. The van der Waals surface area contributed by atoms with Crippen molar-refractivity contribution in [2.75, 3.05) is 13.1 Å². The highest BCUT2D eigenvalue weighted by molar-refractivity contribution is 5.79. The number of aliphatic imine (C=N–C) groups is 1. The van der Waals surface area contributed by atoms with E-state index >= 15 is 0 Å². The van der Waals surface area contributed by atoms with E-state index in [1.165, 1.54) is 12.1 Å². The van der Waals surface area contributed by atoms with Gasteiger partial charge in [-0.05, 0) is 42.2 Å². The van der Waals surface area contributed by atoms with E-state index in [1.54, 1.807) is 6.07 Å². The summed E-state index contributed by atoms with van der Waals surface area (Å²) < 4.78 is 13.3. The highest BCUT2D eigenvalue weighted by Gasteiger charge is 2.19. The summed E-state index contributed by atoms with van der Waals surface area (Å²) in [6.07, 6.45) is 1.61. The fourth-order valence-corrected chi connectivity index (χ4v) is 3.26. The summed E-state index contributed by atoms with van der Waals surface area (Å²) in [5.41, 5.74) is 3.08. The number of amides is 1. The lowest BCUT2D eigenvalue weighted by molar-refractivity contribution is -0.128. The van der Waals surface area contributed by atoms with Gasteiger partial charge in [0.2, 0.25) is 5.91 Å². The lowest BCUT2D eigenvalue weighted by Gasteiger charge is -2.16. The molecule has 0 unspecified atom stereocenters. The number of halogens is 1. The van der Waals surface area contributed by atoms with E-state index in [0.717, 1.165) is 36.2 Å². The first-order chi connectivity index (χ1) is 13.6. The number of carbonyl (C=O) groups is 1. The van der Waals surface area contributed by atoms with Gasteiger partial charge in [-0.2, -0.15) is 0 Å². The summed E-state index contributed by atoms with van der Waals surface area (Å²) in [6.45, 7) is 5.28. The first-order valence-electron chi connectivity index (χ1n) is 9.76. The van der Waals surface area contributed by atoms with Gasteiger partial charge >= 0.3 is 0 Å². The van der Waals surface area contributed by atoms with Crippen molar-refractivity contribution >= 4 is 11.9 Å². The SMILES string of the molecule is CCNC(=NCc1cccc(CN2CCCC2=O)c1)NCc1cccc(F)c1. The third kappa shape index (κ3) is 5.81. The summed E-state index contributed by atoms with van der Waals surface area (Å²) >= 11 is 0. The molecule has 6 heteroatoms. The molecule has 0 aliphatic carbocycles. The minimum Gasteiger partial charge on any atom is -0.357 e. The molecule has 1 amide bonds. The van der Waals surface area contributed by atoms with Crippen LogP contribution in [0.3, 0.4) is 0 Å². The molecule has 1 fully saturated rings. The first kappa shape index (κ1) is 19.9. The van der Waals surface area contributed by atoms with Crippen molar-refractivity contribution < 1.29 is 9.18 Å². The minimum atomic E-state index is -0.241. The third-order valence-corrected chi connectivity index (χ3v) is 4.65. The van der Waals surface area contributed by atoms with Crippen LogP contribution in [0.4, 0.5) is 4.39 Å². The van der Waals surface area contributed by atoms with Crippen LogP contribution >= 0.6 is 0 Å². The van der Waals surface area contributed by atoms with Crippen LogP contribution in [0.15, 0.2) is 53.5 Å². The summed E-state index contributed by atoms with van der Waals surface area (Å²) in [6, 6.07) is 14.7. The quantitative estimate of drug-likeness (QED) is 0.571. The Hall–Kier alpha value is -2.89. The van der Waals surface area contributed by atoms with Crippen LogP contribution in [0, 0.1) is 5.82 Å². The number of benzene rings is 2. The zero-order valence-corrected chi connectivity index (χ0v) is 16.2. The molecule has 0 aromatic heterocycles. The van der Waals surface area contributed by atoms with Crippen molar-refractivity contribution in [3.05, 3.63) is 71.0 Å². The van der Waals surface area contributed by atoms with Crippen LogP contribution in [0.25, 0.3) is 0 Å². The lowest BCUT2D eigenvalue weighted by Crippen LogP contribution is -2.36. The molecule has 0 radical (unpaired) electrons. The van der Waals surface area contributed by atoms with E-state index in [2.05, 4.69) is 21.7 Å². The van der Waals surface area contributed by atoms with Crippen LogP contribution in [0.1, 0.15) is 36.5 Å². The molecule has 148 valence electrons. The van der Waals surface area contributed by atoms with E-state index in [4.69, 9.17) is 0 Å². The predicted octanol–water partition coefficient (Wildman–Crippen LogP) is 3.20. The molecule has 2 aromatic carbocycles. The van der Waals surface area contributed by atoms with Gasteiger partial charge in [0.25, 0.3) is 0 Å². The average molecular weight is 382 g/mol. The molecule has 28 heavy (non-hydrogen) atoms. The third-order valence-electron chi connectivity index (χ3n) is 4.65. The van der Waals surface area contributed by atoms with Gasteiger partial charge in [0, 0.05) is 32.6 Å². The number of nitrogens with zero attached hydrogens (tertiary/aromatic N) is 2. The van der Waals surface area contributed by atoms with Crippen molar-refractivity contribution in [2.24, 2.45) is 4.99 Å². The summed E-state index contributed by atoms with van der Waals surface area (Å²) in [7, 11) is 0. The van der Waals surface area contributed by atoms with Crippen LogP contribution in [0.5, 0.6) is 0 Å². The second kappa shape index (κ2) is 9.88. The smallest absolute Gasteiger partial charge is 0.222 e. The van der Waals surface area contributed by atoms with Gasteiger partial charge in [-0.1, -0.05) is 36.4 Å². The number of rotatable bonds is 7. The Labute approximate surface area is 165 Å². The van der Waals surface area contributed by atoms with Crippen LogP contribution in [-0.2, 0) is 24.4 Å². The Kier molecular flexibility index (Phi) is 7.00. The van der Waals surface area contributed by atoms with Crippen LogP contribution in [-0.4, -0.2) is 29.9 Å². The number of guanidine groups is 1. The van der Waals surface area contributed by atoms with Crippen molar-refractivity contribution in [3.8, 4) is 0 Å². The van der Waals surface area contributed by atoms with E-state index in [9.17, 15) is 9.18 Å². The Morgan fingerprint density at radius 3 is 2.64 bits per heavy atom. The molecule has 0 bridgehead atoms. The number of likely N-dealkylation sites (tertiary alicyclic amines) is 1. The molecule has 0 atom stereocenters. The van der Waals surface area contributed by atoms with Gasteiger partial charge in [-0.25, -0.2) is 9.38 Å². The minimum absolute atomic E-state index is 0.236. The molecule has 1 aliphatic rings. The Bertz CT molecular complexity index is 837. The Balaban J connectivity index is 1.60. The fourth-order valence-electron chi connectivity index (χ4n) is 3.26. The highest BCUT2D eigenvalue weighted by atomic mass is 19.1. The van der Waals surface area contributed by atoms with Gasteiger partial charge in [0.1, 0.15) is 5.82 Å². The standard InChI is InChI=1S/C22H27FN4O/c1-2-24-22(26-15-18-7-4-9-20(23)13-18)25-14-17-6-3-8-19(12-17)16-27-11-5-10-21(27)28/h3-4,6-9,12-13H,2,5,10-11,14-16H2,1H3,(H2,24,25,26). The van der Waals surface area contributed by atoms with Gasteiger partial charge in [-0.3, -0.25) is 4.79 Å². The maximum atomic E-state index is 13.3. The van der Waals surface area contributed by atoms with Crippen molar-refractivity contribution in [1.82, 2.24) is 15.5 Å². The highest BCUT2D eigenvalue weighted by Crippen LogP contribution is 2.15. The zero-order chi connectivity index (χ0) is 19.8. The molecule has 1 saturated heterocycles. The van der Waals surface area contributed by atoms with Gasteiger partial charge < -0.3 is 15.5 Å². The van der Waals surface area contributed by atoms with E-state index in [0.29, 0.717) is 32.0 Å². The maximum Gasteiger partial charge on any atom is 0.222 e. The Morgan fingerprint density at radius 2 is 1.89 bits per heavy atom. The molecule has 2 N–H and O–H groups in total. The molecule has 1 aliphatic heterocycles. The monoisotopic (exact) mass is 382 g/mol. The number of nitrogens with one attached hydrogen (secondary N) is 2. The number of hydrogen-bond donors (Lipinski definition) is 2. The van der Waals surface area contributed by atoms with Crippen molar-refractivity contribution in [1.29, 1.82) is 0 Å². The second-order valence-electron chi connectivity index (χ2n) is 6.92. The van der Waals surface area contributed by atoms with Crippen molar-refractivity contribution in [2.45, 2.75) is 39.4 Å². The first-order valence-corrected chi connectivity index (χ1v) is 9.76. The lowest BCUT2D eigenvalue weighted by atomic mass is 10.1. The van der Waals surface area contributed by atoms with Crippen LogP contribution < -0.4 is 10.6 Å². The largest absolute Gasteiger partial charge is 0.357 e. The van der Waals surface area contributed by atoms with Crippen molar-refractivity contribution in [3.63, 3.8) is 0 Å².